The Morgan fingerprint density at radius 1 is 1.18 bits per heavy atom. The van der Waals surface area contributed by atoms with Crippen molar-refractivity contribution >= 4 is 29.1 Å². The van der Waals surface area contributed by atoms with Crippen LogP contribution in [0.25, 0.3) is 5.65 Å². The molecule has 0 atom stereocenters. The molecule has 0 bridgehead atoms. The summed E-state index contributed by atoms with van der Waals surface area (Å²) in [6.45, 7) is 7.92. The van der Waals surface area contributed by atoms with Crippen LogP contribution in [-0.2, 0) is 16.1 Å². The molecule has 0 saturated carbocycles. The highest BCUT2D eigenvalue weighted by Gasteiger charge is 2.22. The van der Waals surface area contributed by atoms with Gasteiger partial charge in [-0.25, -0.2) is 4.98 Å². The number of hydrogen-bond donors (Lipinski definition) is 1. The van der Waals surface area contributed by atoms with Gasteiger partial charge in [-0.1, -0.05) is 25.4 Å². The molecule has 152 valence electrons. The van der Waals surface area contributed by atoms with E-state index in [-0.39, 0.29) is 18.4 Å². The van der Waals surface area contributed by atoms with Crippen LogP contribution in [0, 0.1) is 5.92 Å². The van der Waals surface area contributed by atoms with E-state index in [1.54, 1.807) is 0 Å². The van der Waals surface area contributed by atoms with Crippen molar-refractivity contribution < 1.29 is 9.59 Å². The number of fused-ring (bicyclic) bond motifs is 1. The molecular weight excluding hydrogens is 378 g/mol. The maximum atomic E-state index is 12.3. The van der Waals surface area contributed by atoms with Crippen molar-refractivity contribution in [1.82, 2.24) is 24.5 Å². The molecule has 0 spiro atoms. The zero-order valence-electron chi connectivity index (χ0n) is 16.5. The number of pyridine rings is 1. The fourth-order valence-corrected chi connectivity index (χ4v) is 3.44. The first-order valence-electron chi connectivity index (χ1n) is 9.80. The third-order valence-electron chi connectivity index (χ3n) is 4.96. The first-order chi connectivity index (χ1) is 13.4. The normalized spacial score (nSPS) is 15.4. The predicted octanol–water partition coefficient (Wildman–Crippen LogP) is 2.18. The number of halogens is 1. The lowest BCUT2D eigenvalue weighted by molar-refractivity contribution is -0.134. The molecule has 7 nitrogen and oxygen atoms in total. The Labute approximate surface area is 170 Å². The molecule has 3 heterocycles. The van der Waals surface area contributed by atoms with Gasteiger partial charge in [0.25, 0.3) is 0 Å². The second kappa shape index (κ2) is 9.39. The molecule has 2 aromatic heterocycles. The molecule has 1 saturated heterocycles. The van der Waals surface area contributed by atoms with Crippen LogP contribution in [0.3, 0.4) is 0 Å². The summed E-state index contributed by atoms with van der Waals surface area (Å²) >= 11 is 6.02. The van der Waals surface area contributed by atoms with Crippen LogP contribution < -0.4 is 5.32 Å². The molecule has 2 amide bonds. The number of aromatic nitrogens is 2. The summed E-state index contributed by atoms with van der Waals surface area (Å²) < 4.78 is 1.93. The van der Waals surface area contributed by atoms with Gasteiger partial charge >= 0.3 is 0 Å². The van der Waals surface area contributed by atoms with Gasteiger partial charge in [-0.15, -0.1) is 0 Å². The molecule has 1 aliphatic rings. The minimum atomic E-state index is -0.0485. The lowest BCUT2D eigenvalue weighted by atomic mass is 10.1. The Hall–Kier alpha value is -2.12. The smallest absolute Gasteiger partial charge is 0.242 e. The highest BCUT2D eigenvalue weighted by Crippen LogP contribution is 2.14. The Morgan fingerprint density at radius 3 is 2.64 bits per heavy atom. The molecular formula is C20H28ClN5O2. The molecule has 8 heteroatoms. The second-order valence-corrected chi connectivity index (χ2v) is 8.15. The number of imidazole rings is 1. The van der Waals surface area contributed by atoms with Crippen LogP contribution >= 0.6 is 11.6 Å². The highest BCUT2D eigenvalue weighted by molar-refractivity contribution is 6.30. The number of piperazine rings is 1. The fraction of sp³-hybridized carbons (Fsp3) is 0.550. The first-order valence-corrected chi connectivity index (χ1v) is 10.2. The van der Waals surface area contributed by atoms with Crippen LogP contribution in [0.15, 0.2) is 24.5 Å². The van der Waals surface area contributed by atoms with Gasteiger partial charge in [0.1, 0.15) is 5.65 Å². The topological polar surface area (TPSA) is 70.0 Å². The van der Waals surface area contributed by atoms with E-state index in [2.05, 4.69) is 29.0 Å². The van der Waals surface area contributed by atoms with Crippen LogP contribution in [-0.4, -0.2) is 63.7 Å². The van der Waals surface area contributed by atoms with E-state index in [1.807, 2.05) is 33.8 Å². The summed E-state index contributed by atoms with van der Waals surface area (Å²) in [4.78, 5) is 32.8. The number of carbonyl (C=O) groups excluding carboxylic acids is 2. The molecule has 1 fully saturated rings. The lowest BCUT2D eigenvalue weighted by Crippen LogP contribution is -2.50. The maximum Gasteiger partial charge on any atom is 0.242 e. The summed E-state index contributed by atoms with van der Waals surface area (Å²) in [5.41, 5.74) is 1.86. The minimum absolute atomic E-state index is 0.0140. The van der Waals surface area contributed by atoms with Gasteiger partial charge in [0.05, 0.1) is 17.3 Å². The van der Waals surface area contributed by atoms with Gasteiger partial charge in [0, 0.05) is 51.5 Å². The number of hydrogen-bond acceptors (Lipinski definition) is 4. The highest BCUT2D eigenvalue weighted by atomic mass is 35.5. The van der Waals surface area contributed by atoms with Crippen LogP contribution in [0.4, 0.5) is 0 Å². The molecule has 0 aliphatic carbocycles. The Kier molecular flexibility index (Phi) is 6.91. The number of nitrogens with one attached hydrogen (secondary N) is 1. The third kappa shape index (κ3) is 5.69. The zero-order chi connectivity index (χ0) is 20.1. The maximum absolute atomic E-state index is 12.3. The quantitative estimate of drug-likeness (QED) is 0.766. The second-order valence-electron chi connectivity index (χ2n) is 7.71. The molecule has 2 aromatic rings. The van der Waals surface area contributed by atoms with E-state index in [4.69, 9.17) is 11.6 Å². The summed E-state index contributed by atoms with van der Waals surface area (Å²) in [6, 6.07) is 3.73. The van der Waals surface area contributed by atoms with Gasteiger partial charge in [-0.05, 0) is 24.5 Å². The van der Waals surface area contributed by atoms with E-state index >= 15 is 0 Å². The molecule has 0 radical (unpaired) electrons. The van der Waals surface area contributed by atoms with Gasteiger partial charge < -0.3 is 14.6 Å². The van der Waals surface area contributed by atoms with Crippen molar-refractivity contribution in [2.24, 2.45) is 5.92 Å². The van der Waals surface area contributed by atoms with Gasteiger partial charge in [0.15, 0.2) is 0 Å². The van der Waals surface area contributed by atoms with Crippen LogP contribution in [0.5, 0.6) is 0 Å². The van der Waals surface area contributed by atoms with Gasteiger partial charge in [0.2, 0.25) is 11.8 Å². The van der Waals surface area contributed by atoms with Crippen molar-refractivity contribution in [2.75, 3.05) is 32.7 Å². The monoisotopic (exact) mass is 405 g/mol. The predicted molar refractivity (Wildman–Crippen MR) is 109 cm³/mol. The summed E-state index contributed by atoms with van der Waals surface area (Å²) in [5.74, 6) is 0.423. The Morgan fingerprint density at radius 2 is 1.93 bits per heavy atom. The Bertz CT molecular complexity index is 827. The van der Waals surface area contributed by atoms with Crippen molar-refractivity contribution in [3.63, 3.8) is 0 Å². The van der Waals surface area contributed by atoms with E-state index in [0.29, 0.717) is 30.5 Å². The molecule has 3 rings (SSSR count). The lowest BCUT2D eigenvalue weighted by Gasteiger charge is -2.34. The van der Waals surface area contributed by atoms with Gasteiger partial charge in [-0.2, -0.15) is 0 Å². The first kappa shape index (κ1) is 20.6. The minimum Gasteiger partial charge on any atom is -0.347 e. The van der Waals surface area contributed by atoms with Crippen LogP contribution in [0.2, 0.25) is 5.02 Å². The zero-order valence-corrected chi connectivity index (χ0v) is 17.3. The average molecular weight is 406 g/mol. The van der Waals surface area contributed by atoms with E-state index in [1.165, 1.54) is 0 Å². The third-order valence-corrected chi connectivity index (χ3v) is 5.18. The van der Waals surface area contributed by atoms with Crippen molar-refractivity contribution in [2.45, 2.75) is 33.2 Å². The average Bonchev–Trinajstić information content (AvgIpc) is 3.06. The number of amides is 2. The van der Waals surface area contributed by atoms with E-state index in [9.17, 15) is 9.59 Å². The number of nitrogens with zero attached hydrogens (tertiary/aromatic N) is 4. The molecule has 1 N–H and O–H groups in total. The summed E-state index contributed by atoms with van der Waals surface area (Å²) in [7, 11) is 0. The van der Waals surface area contributed by atoms with Gasteiger partial charge in [-0.3, -0.25) is 14.5 Å². The van der Waals surface area contributed by atoms with Crippen molar-refractivity contribution in [1.29, 1.82) is 0 Å². The van der Waals surface area contributed by atoms with Crippen molar-refractivity contribution in [3.8, 4) is 0 Å². The van der Waals surface area contributed by atoms with Crippen LogP contribution in [0.1, 0.15) is 32.4 Å². The summed E-state index contributed by atoms with van der Waals surface area (Å²) in [5, 5.41) is 3.42. The standard InChI is InChI=1S/C20H28ClN5O2/c1-15(2)3-6-19(27)22-11-20(28)25-9-7-24(8-10-25)13-17-14-26-12-16(21)4-5-18(26)23-17/h4-5,12,14-15H,3,6-11,13H2,1-2H3,(H,22,27). The molecule has 0 unspecified atom stereocenters. The molecule has 28 heavy (non-hydrogen) atoms. The van der Waals surface area contributed by atoms with E-state index in [0.717, 1.165) is 37.4 Å². The number of rotatable bonds is 7. The van der Waals surface area contributed by atoms with E-state index < -0.39 is 0 Å². The largest absolute Gasteiger partial charge is 0.347 e. The summed E-state index contributed by atoms with van der Waals surface area (Å²) in [6.07, 6.45) is 5.15. The number of carbonyl (C=O) groups is 2. The SMILES string of the molecule is CC(C)CCC(=O)NCC(=O)N1CCN(Cc2cn3cc(Cl)ccc3n2)CC1. The fourth-order valence-electron chi connectivity index (χ4n) is 3.27. The van der Waals surface area contributed by atoms with Crippen molar-refractivity contribution in [3.05, 3.63) is 35.2 Å². The Balaban J connectivity index is 1.42. The molecule has 0 aromatic carbocycles. The molecule has 1 aliphatic heterocycles.